The van der Waals surface area contributed by atoms with Crippen molar-refractivity contribution in [3.63, 3.8) is 0 Å². The van der Waals surface area contributed by atoms with E-state index in [0.29, 0.717) is 13.0 Å². The number of rotatable bonds is 15. The van der Waals surface area contributed by atoms with E-state index in [9.17, 15) is 5.11 Å². The predicted octanol–water partition coefficient (Wildman–Crippen LogP) is 4.56. The maximum Gasteiger partial charge on any atom is 0.217 e. The molecule has 3 fully saturated rings. The fraction of sp³-hybridized carbons (Fsp3) is 1.00. The van der Waals surface area contributed by atoms with Crippen molar-refractivity contribution in [3.05, 3.63) is 0 Å². The molecule has 0 aromatic carbocycles. The summed E-state index contributed by atoms with van der Waals surface area (Å²) in [5, 5.41) is 12.4. The predicted molar refractivity (Wildman–Crippen MR) is 123 cm³/mol. The smallest absolute Gasteiger partial charge is 0.217 e. The second-order valence-electron chi connectivity index (χ2n) is 10.2. The van der Waals surface area contributed by atoms with Gasteiger partial charge in [-0.05, 0) is 46.5 Å². The summed E-state index contributed by atoms with van der Waals surface area (Å²) in [6.07, 6.45) is 10.8. The van der Waals surface area contributed by atoms with Crippen LogP contribution in [0.2, 0.25) is 0 Å². The van der Waals surface area contributed by atoms with Crippen LogP contribution in [0.1, 0.15) is 98.3 Å². The molecule has 0 aliphatic carbocycles. The lowest BCUT2D eigenvalue weighted by molar-refractivity contribution is -0.372. The van der Waals surface area contributed by atoms with E-state index in [1.807, 2.05) is 18.9 Å². The first-order chi connectivity index (χ1) is 15.4. The third-order valence-corrected chi connectivity index (χ3v) is 6.75. The lowest BCUT2D eigenvalue weighted by atomic mass is 9.99. The van der Waals surface area contributed by atoms with Crippen molar-refractivity contribution in [3.8, 4) is 0 Å². The number of hydrogen-bond acceptors (Lipinski definition) is 7. The first-order valence-electron chi connectivity index (χ1n) is 13.1. The lowest BCUT2D eigenvalue weighted by Crippen LogP contribution is -2.49. The number of ether oxygens (including phenoxy) is 4. The second kappa shape index (κ2) is 12.4. The summed E-state index contributed by atoms with van der Waals surface area (Å²) in [6, 6.07) is 0. The molecule has 3 rings (SSSR count). The van der Waals surface area contributed by atoms with Gasteiger partial charge in [0.05, 0.1) is 6.10 Å². The molecule has 0 spiro atoms. The highest BCUT2D eigenvalue weighted by Crippen LogP contribution is 2.48. The van der Waals surface area contributed by atoms with E-state index in [2.05, 4.69) is 6.92 Å². The highest BCUT2D eigenvalue weighted by Gasteiger charge is 2.65. The van der Waals surface area contributed by atoms with E-state index in [0.717, 1.165) is 45.4 Å². The van der Waals surface area contributed by atoms with Crippen LogP contribution in [0.3, 0.4) is 0 Å². The van der Waals surface area contributed by atoms with Gasteiger partial charge in [0.2, 0.25) is 5.79 Å². The summed E-state index contributed by atoms with van der Waals surface area (Å²) >= 11 is 0. The molecule has 188 valence electrons. The Morgan fingerprint density at radius 1 is 0.938 bits per heavy atom. The second-order valence-corrected chi connectivity index (χ2v) is 10.2. The van der Waals surface area contributed by atoms with Crippen molar-refractivity contribution in [2.24, 2.45) is 0 Å². The van der Waals surface area contributed by atoms with Crippen molar-refractivity contribution >= 4 is 0 Å². The molecule has 0 aromatic rings. The third-order valence-electron chi connectivity index (χ3n) is 6.75. The van der Waals surface area contributed by atoms with Gasteiger partial charge in [-0.3, -0.25) is 4.84 Å². The van der Waals surface area contributed by atoms with E-state index >= 15 is 0 Å². The third kappa shape index (κ3) is 7.11. The standard InChI is InChI=1S/C25H47NO6/c1-5-6-7-8-9-10-13-18-28-19-14-15-25(32-26-16-11-12-17-26)23-22(21(30-25)20(2)27)29-24(3,4)31-23/h20-23,27H,5-19H2,1-4H3/t20-,21-,22+,23+,25-/m1/s1. The zero-order valence-electron chi connectivity index (χ0n) is 20.9. The Morgan fingerprint density at radius 3 is 2.28 bits per heavy atom. The van der Waals surface area contributed by atoms with Crippen LogP contribution in [-0.4, -0.2) is 72.5 Å². The molecule has 0 saturated carbocycles. The first-order valence-corrected chi connectivity index (χ1v) is 13.1. The molecule has 32 heavy (non-hydrogen) atoms. The van der Waals surface area contributed by atoms with Gasteiger partial charge in [0.1, 0.15) is 18.3 Å². The molecule has 0 radical (unpaired) electrons. The molecule has 7 heteroatoms. The van der Waals surface area contributed by atoms with Gasteiger partial charge in [-0.1, -0.05) is 45.4 Å². The minimum Gasteiger partial charge on any atom is -0.391 e. The van der Waals surface area contributed by atoms with Crippen LogP contribution in [0, 0.1) is 0 Å². The average molecular weight is 458 g/mol. The minimum absolute atomic E-state index is 0.346. The van der Waals surface area contributed by atoms with E-state index in [1.165, 1.54) is 38.5 Å². The Kier molecular flexibility index (Phi) is 10.2. The monoisotopic (exact) mass is 457 g/mol. The van der Waals surface area contributed by atoms with Gasteiger partial charge < -0.3 is 24.1 Å². The average Bonchev–Trinajstić information content (AvgIpc) is 3.42. The van der Waals surface area contributed by atoms with Crippen molar-refractivity contribution < 1.29 is 28.9 Å². The van der Waals surface area contributed by atoms with Crippen molar-refractivity contribution in [2.75, 3.05) is 26.3 Å². The van der Waals surface area contributed by atoms with E-state index < -0.39 is 23.8 Å². The highest BCUT2D eigenvalue weighted by atomic mass is 16.9. The van der Waals surface area contributed by atoms with E-state index in [4.69, 9.17) is 23.8 Å². The summed E-state index contributed by atoms with van der Waals surface area (Å²) in [6.45, 7) is 11.1. The van der Waals surface area contributed by atoms with Crippen LogP contribution in [0.5, 0.6) is 0 Å². The highest BCUT2D eigenvalue weighted by molar-refractivity contribution is 5.04. The number of fused-ring (bicyclic) bond motifs is 1. The molecule has 3 heterocycles. The van der Waals surface area contributed by atoms with Crippen molar-refractivity contribution in [1.82, 2.24) is 5.06 Å². The van der Waals surface area contributed by atoms with Crippen molar-refractivity contribution in [2.45, 2.75) is 134 Å². The maximum absolute atomic E-state index is 10.4. The Labute approximate surface area is 195 Å². The molecule has 0 aromatic heterocycles. The lowest BCUT2D eigenvalue weighted by Gasteiger charge is -2.37. The molecule has 0 unspecified atom stereocenters. The van der Waals surface area contributed by atoms with Gasteiger partial charge >= 0.3 is 0 Å². The van der Waals surface area contributed by atoms with Crippen molar-refractivity contribution in [1.29, 1.82) is 0 Å². The molecule has 1 N–H and O–H groups in total. The first kappa shape index (κ1) is 26.3. The van der Waals surface area contributed by atoms with Gasteiger partial charge in [0.25, 0.3) is 0 Å². The molecule has 7 nitrogen and oxygen atoms in total. The van der Waals surface area contributed by atoms with E-state index in [1.54, 1.807) is 6.92 Å². The summed E-state index contributed by atoms with van der Waals surface area (Å²) < 4.78 is 24.7. The molecular formula is C25H47NO6. The van der Waals surface area contributed by atoms with Gasteiger partial charge in [0.15, 0.2) is 5.79 Å². The largest absolute Gasteiger partial charge is 0.391 e. The van der Waals surface area contributed by atoms with Crippen LogP contribution in [0.4, 0.5) is 0 Å². The van der Waals surface area contributed by atoms with Crippen LogP contribution in [0.15, 0.2) is 0 Å². The van der Waals surface area contributed by atoms with Crippen LogP contribution < -0.4 is 0 Å². The van der Waals surface area contributed by atoms with Gasteiger partial charge in [-0.25, -0.2) is 0 Å². The topological polar surface area (TPSA) is 69.6 Å². The Balaban J connectivity index is 1.49. The number of hydrogen-bond donors (Lipinski definition) is 1. The summed E-state index contributed by atoms with van der Waals surface area (Å²) in [5.74, 6) is -1.67. The Bertz CT molecular complexity index is 535. The van der Waals surface area contributed by atoms with E-state index in [-0.39, 0.29) is 12.2 Å². The zero-order chi connectivity index (χ0) is 23.0. The fourth-order valence-corrected chi connectivity index (χ4v) is 5.11. The summed E-state index contributed by atoms with van der Waals surface area (Å²) in [5.41, 5.74) is 0. The van der Waals surface area contributed by atoms with Crippen LogP contribution in [-0.2, 0) is 23.8 Å². The van der Waals surface area contributed by atoms with Gasteiger partial charge in [0, 0.05) is 32.7 Å². The number of hydroxylamine groups is 2. The molecule has 3 aliphatic heterocycles. The SMILES string of the molecule is CCCCCCCCCOCCC[C@]1(ON2CCCC2)O[C@H]([C@@H](C)O)[C@@H]2OC(C)(C)O[C@@H]21. The minimum atomic E-state index is -0.951. The fourth-order valence-electron chi connectivity index (χ4n) is 5.11. The maximum atomic E-state index is 10.4. The number of unbranched alkanes of at least 4 members (excludes halogenated alkanes) is 6. The van der Waals surface area contributed by atoms with Gasteiger partial charge in [-0.2, -0.15) is 5.06 Å². The number of nitrogens with zero attached hydrogens (tertiary/aromatic N) is 1. The molecular weight excluding hydrogens is 410 g/mol. The molecule has 5 atom stereocenters. The molecule has 0 bridgehead atoms. The Hall–Kier alpha value is -0.280. The number of aliphatic hydroxyl groups excluding tert-OH is 1. The summed E-state index contributed by atoms with van der Waals surface area (Å²) in [7, 11) is 0. The molecule has 0 amide bonds. The van der Waals surface area contributed by atoms with Gasteiger partial charge in [-0.15, -0.1) is 0 Å². The quantitative estimate of drug-likeness (QED) is 0.362. The molecule has 3 aliphatic rings. The Morgan fingerprint density at radius 2 is 1.59 bits per heavy atom. The summed E-state index contributed by atoms with van der Waals surface area (Å²) in [4.78, 5) is 6.48. The molecule has 3 saturated heterocycles. The zero-order valence-corrected chi connectivity index (χ0v) is 20.9. The van der Waals surface area contributed by atoms with Crippen LogP contribution >= 0.6 is 0 Å². The normalized spacial score (nSPS) is 33.1. The van der Waals surface area contributed by atoms with Crippen LogP contribution in [0.25, 0.3) is 0 Å². The number of aliphatic hydroxyl groups is 1.